The van der Waals surface area contributed by atoms with Gasteiger partial charge < -0.3 is 9.15 Å². The number of pyridine rings is 2. The lowest BCUT2D eigenvalue weighted by Gasteiger charge is -2.13. The molecule has 10 aromatic rings. The van der Waals surface area contributed by atoms with Crippen molar-refractivity contribution in [3.63, 3.8) is 0 Å². The number of benzene rings is 7. The van der Waals surface area contributed by atoms with Crippen molar-refractivity contribution in [3.8, 4) is 89.7 Å². The third kappa shape index (κ3) is 7.40. The first-order chi connectivity index (χ1) is 32.7. The number of rotatable bonds is 9. The summed E-state index contributed by atoms with van der Waals surface area (Å²) < 4.78 is 12.8. The quantitative estimate of drug-likeness (QED) is 0.145. The highest BCUT2D eigenvalue weighted by Crippen LogP contribution is 2.40. The number of aromatic nitrogens is 3. The molecule has 0 radical (unpaired) electrons. The number of fused-ring (bicyclic) bond motifs is 2. The molecule has 0 saturated carbocycles. The van der Waals surface area contributed by atoms with Gasteiger partial charge in [-0.1, -0.05) is 164 Å². The van der Waals surface area contributed by atoms with Gasteiger partial charge in [0.1, 0.15) is 17.7 Å². The molecule has 3 aromatic heterocycles. The van der Waals surface area contributed by atoms with E-state index in [2.05, 4.69) is 175 Å². The molecule has 66 heavy (non-hydrogen) atoms. The lowest BCUT2D eigenvalue weighted by atomic mass is 9.95. The topological polar surface area (TPSA) is 73.4 Å². The van der Waals surface area contributed by atoms with Gasteiger partial charge in [-0.2, -0.15) is 0 Å². The highest BCUT2D eigenvalue weighted by atomic mass is 16.5. The largest absolute Gasteiger partial charge is 0.467 e. The Morgan fingerprint density at radius 2 is 0.909 bits per heavy atom. The zero-order chi connectivity index (χ0) is 43.8. The first-order valence-electron chi connectivity index (χ1n) is 22.2. The third-order valence-corrected chi connectivity index (χ3v) is 12.4. The van der Waals surface area contributed by atoms with Crippen molar-refractivity contribution in [1.82, 2.24) is 15.0 Å². The minimum Gasteiger partial charge on any atom is -0.467 e. The van der Waals surface area contributed by atoms with Gasteiger partial charge in [0.05, 0.1) is 17.1 Å². The Balaban J connectivity index is 0.829. The number of hydrogen-bond donors (Lipinski definition) is 0. The molecule has 1 aliphatic heterocycles. The third-order valence-electron chi connectivity index (χ3n) is 12.4. The number of hydrogen-bond acceptors (Lipinski definition) is 6. The van der Waals surface area contributed by atoms with Crippen LogP contribution >= 0.6 is 0 Å². The van der Waals surface area contributed by atoms with Crippen molar-refractivity contribution in [2.75, 3.05) is 0 Å². The fourth-order valence-corrected chi connectivity index (χ4v) is 8.91. The molecule has 0 fully saturated rings. The average Bonchev–Trinajstić information content (AvgIpc) is 4.06. The summed E-state index contributed by atoms with van der Waals surface area (Å²) in [7, 11) is 0. The van der Waals surface area contributed by atoms with Gasteiger partial charge in [0.2, 0.25) is 11.8 Å². The smallest absolute Gasteiger partial charge is 0.227 e. The van der Waals surface area contributed by atoms with Crippen LogP contribution in [0, 0.1) is 0 Å². The van der Waals surface area contributed by atoms with Crippen LogP contribution in [-0.2, 0) is 4.74 Å². The van der Waals surface area contributed by atoms with E-state index in [0.29, 0.717) is 11.8 Å². The molecule has 2 unspecified atom stereocenters. The van der Waals surface area contributed by atoms with Crippen LogP contribution in [0.1, 0.15) is 5.56 Å². The fourth-order valence-electron chi connectivity index (χ4n) is 8.91. The van der Waals surface area contributed by atoms with Crippen molar-refractivity contribution in [3.05, 3.63) is 236 Å². The van der Waals surface area contributed by atoms with Crippen LogP contribution in [0.5, 0.6) is 0 Å². The zero-order valence-corrected chi connectivity index (χ0v) is 35.7. The molecule has 2 atom stereocenters. The van der Waals surface area contributed by atoms with Gasteiger partial charge in [0.25, 0.3) is 0 Å². The van der Waals surface area contributed by atoms with Gasteiger partial charge in [-0.25, -0.2) is 15.0 Å². The van der Waals surface area contributed by atoms with E-state index in [1.54, 1.807) is 6.20 Å². The minimum atomic E-state index is -0.0268. The molecule has 0 spiro atoms. The minimum absolute atomic E-state index is 0.0268. The van der Waals surface area contributed by atoms with Crippen molar-refractivity contribution in [1.29, 1.82) is 0 Å². The van der Waals surface area contributed by atoms with Crippen LogP contribution < -0.4 is 0 Å². The van der Waals surface area contributed by atoms with Crippen LogP contribution in [0.3, 0.4) is 0 Å². The second kappa shape index (κ2) is 16.8. The Bertz CT molecular complexity index is 3370. The summed E-state index contributed by atoms with van der Waals surface area (Å²) in [4.78, 5) is 19.8. The van der Waals surface area contributed by atoms with Gasteiger partial charge in [-0.05, 0) is 99.6 Å². The van der Waals surface area contributed by atoms with Crippen LogP contribution in [0.15, 0.2) is 240 Å². The Morgan fingerprint density at radius 3 is 1.55 bits per heavy atom. The van der Waals surface area contributed by atoms with E-state index in [1.165, 1.54) is 0 Å². The van der Waals surface area contributed by atoms with Crippen LogP contribution in [-0.4, -0.2) is 33.0 Å². The number of aliphatic imine (C=N–C) groups is 1. The molecule has 4 heterocycles. The van der Waals surface area contributed by atoms with E-state index >= 15 is 0 Å². The van der Waals surface area contributed by atoms with Crippen molar-refractivity contribution >= 4 is 17.0 Å². The molecule has 6 heteroatoms. The summed E-state index contributed by atoms with van der Waals surface area (Å²) in [6.45, 7) is 0. The molecule has 1 aliphatic carbocycles. The maximum atomic E-state index is 6.63. The Kier molecular flexibility index (Phi) is 9.87. The standard InChI is InChI=1S/C60H40N4O2/c1-3-11-43(12-4-1)50-34-35-51(44-13-5-2-6-14-44)58-57(50)64-60(66-58)48-32-24-41(25-33-48)39-18-26-45(27-19-39)49-36-37-53(52-15-9-10-38-61-52)62-56(49)46-28-20-40(21-29-46)42-22-30-47(31-23-42)59-63-54-16-7-8-17-55(54)65-59/h1-38,54-55H. The fraction of sp³-hybridized carbons (Fsp3) is 0.0333. The van der Waals surface area contributed by atoms with Crippen molar-refractivity contribution < 1.29 is 9.15 Å². The van der Waals surface area contributed by atoms with Crippen LogP contribution in [0.2, 0.25) is 0 Å². The lowest BCUT2D eigenvalue weighted by Crippen LogP contribution is -2.19. The second-order valence-electron chi connectivity index (χ2n) is 16.5. The van der Waals surface area contributed by atoms with Gasteiger partial charge in [0.15, 0.2) is 5.58 Å². The van der Waals surface area contributed by atoms with E-state index in [4.69, 9.17) is 24.1 Å². The number of oxazole rings is 1. The van der Waals surface area contributed by atoms with Gasteiger partial charge >= 0.3 is 0 Å². The van der Waals surface area contributed by atoms with Crippen molar-refractivity contribution in [2.45, 2.75) is 12.1 Å². The van der Waals surface area contributed by atoms with Gasteiger partial charge in [0, 0.05) is 39.6 Å². The molecule has 12 rings (SSSR count). The Morgan fingerprint density at radius 1 is 0.379 bits per heavy atom. The van der Waals surface area contributed by atoms with E-state index in [9.17, 15) is 0 Å². The summed E-state index contributed by atoms with van der Waals surface area (Å²) in [5, 5.41) is 0. The van der Waals surface area contributed by atoms with E-state index in [1.807, 2.05) is 54.6 Å². The maximum absolute atomic E-state index is 6.63. The van der Waals surface area contributed by atoms with Crippen molar-refractivity contribution in [2.24, 2.45) is 4.99 Å². The molecule has 0 saturated heterocycles. The number of nitrogens with zero attached hydrogens (tertiary/aromatic N) is 4. The Labute approximate surface area is 382 Å². The van der Waals surface area contributed by atoms with E-state index in [0.717, 1.165) is 101 Å². The number of allylic oxidation sites excluding steroid dienone is 2. The van der Waals surface area contributed by atoms with Gasteiger partial charge in [-0.15, -0.1) is 0 Å². The first-order valence-corrected chi connectivity index (χ1v) is 22.2. The summed E-state index contributed by atoms with van der Waals surface area (Å²) >= 11 is 0. The van der Waals surface area contributed by atoms with E-state index < -0.39 is 0 Å². The zero-order valence-electron chi connectivity index (χ0n) is 35.7. The molecular weight excluding hydrogens is 809 g/mol. The molecule has 0 bridgehead atoms. The van der Waals surface area contributed by atoms with Crippen LogP contribution in [0.4, 0.5) is 0 Å². The summed E-state index contributed by atoms with van der Waals surface area (Å²) in [6, 6.07) is 69.4. The molecule has 6 nitrogen and oxygen atoms in total. The highest BCUT2D eigenvalue weighted by Gasteiger charge is 2.29. The molecule has 2 aliphatic rings. The normalized spacial score (nSPS) is 15.1. The molecular formula is C60H40N4O2. The lowest BCUT2D eigenvalue weighted by molar-refractivity contribution is 0.255. The molecule has 0 N–H and O–H groups in total. The SMILES string of the molecule is C1=CC2N=C(c3ccc(-c4ccc(-c5nc(-c6ccccn6)ccc5-c5ccc(-c6ccc(-c7nc8c(-c9ccccc9)ccc(-c9ccccc9)c8o7)cc6)cc5)cc4)cc3)OC2C=C1. The van der Waals surface area contributed by atoms with E-state index in [-0.39, 0.29) is 12.1 Å². The predicted octanol–water partition coefficient (Wildman–Crippen LogP) is 14.6. The highest BCUT2D eigenvalue weighted by molar-refractivity contribution is 6.01. The molecule has 7 aromatic carbocycles. The second-order valence-corrected chi connectivity index (χ2v) is 16.5. The predicted molar refractivity (Wildman–Crippen MR) is 267 cm³/mol. The Hall–Kier alpha value is -8.74. The summed E-state index contributed by atoms with van der Waals surface area (Å²) in [5.41, 5.74) is 17.9. The van der Waals surface area contributed by atoms with Crippen LogP contribution in [0.25, 0.3) is 101 Å². The number of ether oxygens (including phenoxy) is 1. The summed E-state index contributed by atoms with van der Waals surface area (Å²) in [5.74, 6) is 1.28. The first kappa shape index (κ1) is 38.9. The maximum Gasteiger partial charge on any atom is 0.227 e. The summed E-state index contributed by atoms with van der Waals surface area (Å²) in [6.07, 6.45) is 9.96. The monoisotopic (exact) mass is 848 g/mol. The average molecular weight is 849 g/mol. The van der Waals surface area contributed by atoms with Gasteiger partial charge in [-0.3, -0.25) is 4.98 Å². The molecule has 312 valence electrons. The molecule has 0 amide bonds.